The van der Waals surface area contributed by atoms with Gasteiger partial charge in [-0.25, -0.2) is 0 Å². The zero-order chi connectivity index (χ0) is 14.9. The highest BCUT2D eigenvalue weighted by molar-refractivity contribution is 5.40. The van der Waals surface area contributed by atoms with Gasteiger partial charge in [-0.3, -0.25) is 0 Å². The van der Waals surface area contributed by atoms with Gasteiger partial charge in [0, 0.05) is 5.56 Å². The molecule has 2 bridgehead atoms. The van der Waals surface area contributed by atoms with Crippen LogP contribution in [-0.2, 0) is 0 Å². The van der Waals surface area contributed by atoms with E-state index in [-0.39, 0.29) is 11.5 Å². The number of aliphatic hydroxyl groups excluding tert-OH is 1. The fourth-order valence-corrected chi connectivity index (χ4v) is 3.59. The summed E-state index contributed by atoms with van der Waals surface area (Å²) < 4.78 is 0. The van der Waals surface area contributed by atoms with E-state index in [2.05, 4.69) is 31.4 Å². The van der Waals surface area contributed by atoms with E-state index >= 15 is 0 Å². The lowest BCUT2D eigenvalue weighted by molar-refractivity contribution is 0.138. The van der Waals surface area contributed by atoms with Gasteiger partial charge in [0.15, 0.2) is 0 Å². The third kappa shape index (κ3) is 2.82. The van der Waals surface area contributed by atoms with Crippen LogP contribution in [0.25, 0.3) is 0 Å². The molecule has 0 unspecified atom stereocenters. The van der Waals surface area contributed by atoms with Crippen LogP contribution in [0.5, 0.6) is 0 Å². The Morgan fingerprint density at radius 3 is 2.76 bits per heavy atom. The molecule has 3 rings (SSSR count). The molecular weight excluding hydrogens is 256 g/mol. The molecule has 1 N–H and O–H groups in total. The number of allylic oxidation sites excluding steroid dienone is 2. The van der Waals surface area contributed by atoms with E-state index in [1.54, 1.807) is 0 Å². The molecule has 21 heavy (non-hydrogen) atoms. The van der Waals surface area contributed by atoms with Gasteiger partial charge in [0.05, 0.1) is 11.5 Å². The van der Waals surface area contributed by atoms with Gasteiger partial charge in [0.1, 0.15) is 0 Å². The number of benzene rings is 1. The number of hydrogen-bond acceptors (Lipinski definition) is 1. The molecule has 3 atom stereocenters. The van der Waals surface area contributed by atoms with Crippen LogP contribution in [0.4, 0.5) is 0 Å². The first kappa shape index (κ1) is 14.2. The molecule has 0 heterocycles. The summed E-state index contributed by atoms with van der Waals surface area (Å²) in [5.74, 6) is 7.30. The Kier molecular flexibility index (Phi) is 3.74. The Bertz CT molecular complexity index is 629. The van der Waals surface area contributed by atoms with Crippen molar-refractivity contribution in [1.29, 1.82) is 0 Å². The summed E-state index contributed by atoms with van der Waals surface area (Å²) >= 11 is 0. The normalized spacial score (nSPS) is 31.7. The fourth-order valence-electron chi connectivity index (χ4n) is 3.59. The lowest BCUT2D eigenvalue weighted by Gasteiger charge is -2.35. The summed E-state index contributed by atoms with van der Waals surface area (Å²) in [5, 5.41) is 10.3. The average Bonchev–Trinajstić information content (AvgIpc) is 2.58. The van der Waals surface area contributed by atoms with Crippen molar-refractivity contribution in [1.82, 2.24) is 0 Å². The van der Waals surface area contributed by atoms with E-state index in [4.69, 9.17) is 0 Å². The lowest BCUT2D eigenvalue weighted by atomic mass is 9.67. The standard InChI is InChI=1S/C20H22O/c1-15-12-19(21)14-20(13-18(15)9-8-16(20)2)11-10-17-6-4-3-5-7-17/h3-8,18-19,21H,1,9,12-14H2,2H3/t18-,19-,20+/m1/s1. The second kappa shape index (κ2) is 5.54. The number of fused-ring (bicyclic) bond motifs is 2. The molecule has 0 spiro atoms. The van der Waals surface area contributed by atoms with Crippen molar-refractivity contribution in [2.75, 3.05) is 0 Å². The molecule has 1 aromatic carbocycles. The van der Waals surface area contributed by atoms with Gasteiger partial charge >= 0.3 is 0 Å². The van der Waals surface area contributed by atoms with Gasteiger partial charge in [0.2, 0.25) is 0 Å². The van der Waals surface area contributed by atoms with Crippen molar-refractivity contribution in [2.45, 2.75) is 38.7 Å². The molecule has 1 saturated carbocycles. The van der Waals surface area contributed by atoms with Gasteiger partial charge in [-0.05, 0) is 50.7 Å². The van der Waals surface area contributed by atoms with Crippen LogP contribution in [0.1, 0.15) is 38.2 Å². The van der Waals surface area contributed by atoms with Crippen LogP contribution >= 0.6 is 0 Å². The van der Waals surface area contributed by atoms with E-state index in [0.717, 1.165) is 31.2 Å². The van der Waals surface area contributed by atoms with Gasteiger partial charge < -0.3 is 5.11 Å². The summed E-state index contributed by atoms with van der Waals surface area (Å²) in [5.41, 5.74) is 3.36. The zero-order valence-electron chi connectivity index (χ0n) is 12.6. The van der Waals surface area contributed by atoms with E-state index in [1.807, 2.05) is 30.3 Å². The zero-order valence-corrected chi connectivity index (χ0v) is 12.6. The first-order valence-electron chi connectivity index (χ1n) is 7.70. The summed E-state index contributed by atoms with van der Waals surface area (Å²) in [7, 11) is 0. The predicted molar refractivity (Wildman–Crippen MR) is 86.6 cm³/mol. The molecule has 0 saturated heterocycles. The van der Waals surface area contributed by atoms with Crippen molar-refractivity contribution in [2.24, 2.45) is 11.3 Å². The molecule has 1 heteroatoms. The van der Waals surface area contributed by atoms with E-state index < -0.39 is 0 Å². The minimum atomic E-state index is -0.325. The molecule has 0 aliphatic heterocycles. The first-order valence-corrected chi connectivity index (χ1v) is 7.70. The molecule has 2 aliphatic rings. The third-order valence-electron chi connectivity index (χ3n) is 4.94. The highest BCUT2D eigenvalue weighted by Crippen LogP contribution is 2.48. The summed E-state index contributed by atoms with van der Waals surface area (Å²) in [4.78, 5) is 0. The van der Waals surface area contributed by atoms with Crippen molar-refractivity contribution in [3.63, 3.8) is 0 Å². The third-order valence-corrected chi connectivity index (χ3v) is 4.94. The molecule has 108 valence electrons. The predicted octanol–water partition coefficient (Wildman–Crippen LogP) is 4.09. The van der Waals surface area contributed by atoms with Crippen molar-refractivity contribution >= 4 is 0 Å². The van der Waals surface area contributed by atoms with Gasteiger partial charge in [-0.1, -0.05) is 53.8 Å². The van der Waals surface area contributed by atoms with Gasteiger partial charge in [-0.15, -0.1) is 0 Å². The number of aliphatic hydroxyl groups is 1. The van der Waals surface area contributed by atoms with Gasteiger partial charge in [-0.2, -0.15) is 0 Å². The Labute approximate surface area is 127 Å². The van der Waals surface area contributed by atoms with Crippen molar-refractivity contribution < 1.29 is 5.11 Å². The second-order valence-electron chi connectivity index (χ2n) is 6.44. The largest absolute Gasteiger partial charge is 0.393 e. The highest BCUT2D eigenvalue weighted by atomic mass is 16.3. The van der Waals surface area contributed by atoms with E-state index in [0.29, 0.717) is 5.92 Å². The summed E-state index contributed by atoms with van der Waals surface area (Å²) in [6.07, 6.45) is 5.48. The van der Waals surface area contributed by atoms with Crippen molar-refractivity contribution in [3.05, 3.63) is 59.7 Å². The van der Waals surface area contributed by atoms with Crippen LogP contribution in [-0.4, -0.2) is 11.2 Å². The molecule has 0 aromatic heterocycles. The fraction of sp³-hybridized carbons (Fsp3) is 0.400. The van der Waals surface area contributed by atoms with Crippen molar-refractivity contribution in [3.8, 4) is 11.8 Å². The van der Waals surface area contributed by atoms with Crippen LogP contribution in [0, 0.1) is 23.2 Å². The van der Waals surface area contributed by atoms with Crippen LogP contribution in [0.2, 0.25) is 0 Å². The Hall–Kier alpha value is -1.78. The van der Waals surface area contributed by atoms with E-state index in [1.165, 1.54) is 11.1 Å². The van der Waals surface area contributed by atoms with Gasteiger partial charge in [0.25, 0.3) is 0 Å². The molecular formula is C20H22O. The van der Waals surface area contributed by atoms with E-state index in [9.17, 15) is 5.11 Å². The maximum absolute atomic E-state index is 10.3. The SMILES string of the molecule is C=C1C[C@@H](O)C[C@]2(C#Cc3ccccc3)C[C@H]1CC=C2C. The summed E-state index contributed by atoms with van der Waals surface area (Å²) in [6.45, 7) is 6.35. The minimum Gasteiger partial charge on any atom is -0.393 e. The lowest BCUT2D eigenvalue weighted by Crippen LogP contribution is -2.28. The highest BCUT2D eigenvalue weighted by Gasteiger charge is 2.41. The molecule has 1 nitrogen and oxygen atoms in total. The first-order chi connectivity index (χ1) is 10.1. The maximum atomic E-state index is 10.3. The molecule has 0 amide bonds. The number of hydrogen-bond donors (Lipinski definition) is 1. The Balaban J connectivity index is 2.00. The topological polar surface area (TPSA) is 20.2 Å². The molecule has 0 radical (unpaired) electrons. The average molecular weight is 278 g/mol. The summed E-state index contributed by atoms with van der Waals surface area (Å²) in [6, 6.07) is 10.1. The quantitative estimate of drug-likeness (QED) is 0.560. The van der Waals surface area contributed by atoms with Crippen LogP contribution < -0.4 is 0 Å². The van der Waals surface area contributed by atoms with Crippen LogP contribution in [0.3, 0.4) is 0 Å². The molecule has 1 aromatic rings. The second-order valence-corrected chi connectivity index (χ2v) is 6.44. The molecule has 1 fully saturated rings. The minimum absolute atomic E-state index is 0.183. The Morgan fingerprint density at radius 2 is 2.00 bits per heavy atom. The number of rotatable bonds is 0. The maximum Gasteiger partial charge on any atom is 0.0595 e. The van der Waals surface area contributed by atoms with Crippen LogP contribution in [0.15, 0.2) is 54.1 Å². The monoisotopic (exact) mass is 278 g/mol. The smallest absolute Gasteiger partial charge is 0.0595 e. The molecule has 2 aliphatic carbocycles. The Morgan fingerprint density at radius 1 is 1.24 bits per heavy atom.